The predicted molar refractivity (Wildman–Crippen MR) is 98.1 cm³/mol. The smallest absolute Gasteiger partial charge is 0.119 e. The van der Waals surface area contributed by atoms with Crippen LogP contribution in [0.25, 0.3) is 0 Å². The van der Waals surface area contributed by atoms with Gasteiger partial charge in [0.15, 0.2) is 0 Å². The lowest BCUT2D eigenvalue weighted by Gasteiger charge is -2.18. The molecule has 2 aromatic rings. The monoisotopic (exact) mass is 342 g/mol. The summed E-state index contributed by atoms with van der Waals surface area (Å²) in [6.45, 7) is 3.52. The molecule has 3 nitrogen and oxygen atoms in total. The minimum atomic E-state index is 0.294. The highest BCUT2D eigenvalue weighted by Gasteiger charge is 2.08. The fourth-order valence-corrected chi connectivity index (χ4v) is 2.65. The van der Waals surface area contributed by atoms with E-state index in [2.05, 4.69) is 36.5 Å². The minimum Gasteiger partial charge on any atom is -0.494 e. The Bertz CT molecular complexity index is 664. The first kappa shape index (κ1) is 18.3. The number of unbranched alkanes of at least 4 members (excludes halogenated alkanes) is 1. The van der Waals surface area contributed by atoms with E-state index in [1.807, 2.05) is 30.3 Å². The second kappa shape index (κ2) is 9.97. The first-order valence-electron chi connectivity index (χ1n) is 8.30. The molecule has 0 saturated heterocycles. The quantitative estimate of drug-likeness (QED) is 0.632. The van der Waals surface area contributed by atoms with Gasteiger partial charge in [0.2, 0.25) is 0 Å². The molecule has 0 amide bonds. The topological polar surface area (TPSA) is 45.0 Å². The van der Waals surface area contributed by atoms with Crippen molar-refractivity contribution in [1.82, 2.24) is 5.32 Å². The van der Waals surface area contributed by atoms with Crippen LogP contribution in [0.4, 0.5) is 0 Å². The van der Waals surface area contributed by atoms with Crippen LogP contribution in [-0.2, 0) is 6.54 Å². The number of hydrogen-bond acceptors (Lipinski definition) is 3. The van der Waals surface area contributed by atoms with Crippen LogP contribution in [0.15, 0.2) is 48.5 Å². The van der Waals surface area contributed by atoms with Crippen molar-refractivity contribution >= 4 is 11.6 Å². The lowest BCUT2D eigenvalue weighted by Crippen LogP contribution is -2.20. The van der Waals surface area contributed by atoms with E-state index < -0.39 is 0 Å². The zero-order chi connectivity index (χ0) is 17.2. The summed E-state index contributed by atoms with van der Waals surface area (Å²) in [7, 11) is 0. The number of nitrogens with zero attached hydrogens (tertiary/aromatic N) is 1. The predicted octanol–water partition coefficient (Wildman–Crippen LogP) is 5.26. The maximum Gasteiger partial charge on any atom is 0.119 e. The lowest BCUT2D eigenvalue weighted by atomic mass is 10.0. The van der Waals surface area contributed by atoms with E-state index in [9.17, 15) is 0 Å². The number of benzene rings is 2. The molecule has 4 heteroatoms. The van der Waals surface area contributed by atoms with E-state index in [1.54, 1.807) is 0 Å². The van der Waals surface area contributed by atoms with Crippen molar-refractivity contribution < 1.29 is 4.74 Å². The van der Waals surface area contributed by atoms with E-state index in [1.165, 1.54) is 11.1 Å². The largest absolute Gasteiger partial charge is 0.494 e. The van der Waals surface area contributed by atoms with Crippen molar-refractivity contribution in [2.24, 2.45) is 0 Å². The molecule has 0 heterocycles. The van der Waals surface area contributed by atoms with Gasteiger partial charge in [0.25, 0.3) is 0 Å². The Hall–Kier alpha value is -2.02. The fourth-order valence-electron chi connectivity index (χ4n) is 2.52. The van der Waals surface area contributed by atoms with Gasteiger partial charge in [-0.25, -0.2) is 0 Å². The summed E-state index contributed by atoms with van der Waals surface area (Å²) in [6, 6.07) is 18.5. The first-order valence-corrected chi connectivity index (χ1v) is 8.68. The van der Waals surface area contributed by atoms with Crippen molar-refractivity contribution in [3.63, 3.8) is 0 Å². The standard InChI is InChI=1S/C20H23ClN2O/c1-2-20(17-8-10-18(21)11-9-17)23-15-16-6-5-7-19(14-16)24-13-4-3-12-22/h5-11,14,20,23H,2-4,13,15H2,1H3. The van der Waals surface area contributed by atoms with Gasteiger partial charge < -0.3 is 10.1 Å². The first-order chi connectivity index (χ1) is 11.7. The third kappa shape index (κ3) is 5.88. The van der Waals surface area contributed by atoms with Gasteiger partial charge in [-0.15, -0.1) is 0 Å². The maximum absolute atomic E-state index is 8.54. The van der Waals surface area contributed by atoms with Gasteiger partial charge in [0.1, 0.15) is 5.75 Å². The van der Waals surface area contributed by atoms with Crippen LogP contribution in [0.5, 0.6) is 5.75 Å². The number of ether oxygens (including phenoxy) is 1. The maximum atomic E-state index is 8.54. The molecule has 0 aliphatic carbocycles. The Morgan fingerprint density at radius 3 is 2.71 bits per heavy atom. The summed E-state index contributed by atoms with van der Waals surface area (Å²) in [5, 5.41) is 12.9. The molecular formula is C20H23ClN2O. The molecular weight excluding hydrogens is 320 g/mol. The third-order valence-corrected chi connectivity index (χ3v) is 4.09. The highest BCUT2D eigenvalue weighted by atomic mass is 35.5. The number of halogens is 1. The summed E-state index contributed by atoms with van der Waals surface area (Å²) in [5.41, 5.74) is 2.42. The molecule has 2 aromatic carbocycles. The molecule has 0 aromatic heterocycles. The van der Waals surface area contributed by atoms with E-state index in [0.29, 0.717) is 19.1 Å². The molecule has 0 bridgehead atoms. The average Bonchev–Trinajstić information content (AvgIpc) is 2.61. The van der Waals surface area contributed by atoms with E-state index >= 15 is 0 Å². The van der Waals surface area contributed by atoms with Crippen molar-refractivity contribution in [3.8, 4) is 11.8 Å². The summed E-state index contributed by atoms with van der Waals surface area (Å²) in [5.74, 6) is 0.854. The Morgan fingerprint density at radius 2 is 2.00 bits per heavy atom. The van der Waals surface area contributed by atoms with Gasteiger partial charge in [-0.1, -0.05) is 42.8 Å². The van der Waals surface area contributed by atoms with Crippen LogP contribution in [0, 0.1) is 11.3 Å². The van der Waals surface area contributed by atoms with E-state index in [4.69, 9.17) is 21.6 Å². The molecule has 2 rings (SSSR count). The van der Waals surface area contributed by atoms with Crippen LogP contribution >= 0.6 is 11.6 Å². The molecule has 0 radical (unpaired) electrons. The summed E-state index contributed by atoms with van der Waals surface area (Å²) >= 11 is 5.96. The zero-order valence-corrected chi connectivity index (χ0v) is 14.7. The molecule has 0 aliphatic heterocycles. The summed E-state index contributed by atoms with van der Waals surface area (Å²) in [6.07, 6.45) is 2.29. The van der Waals surface area contributed by atoms with E-state index in [0.717, 1.165) is 30.2 Å². The van der Waals surface area contributed by atoms with Crippen LogP contribution in [0.3, 0.4) is 0 Å². The second-order valence-corrected chi connectivity index (χ2v) is 6.09. The molecule has 1 N–H and O–H groups in total. The molecule has 0 fully saturated rings. The highest BCUT2D eigenvalue weighted by molar-refractivity contribution is 6.30. The van der Waals surface area contributed by atoms with Gasteiger partial charge in [-0.3, -0.25) is 0 Å². The van der Waals surface area contributed by atoms with Crippen LogP contribution in [-0.4, -0.2) is 6.61 Å². The Kier molecular flexibility index (Phi) is 7.61. The SMILES string of the molecule is CCC(NCc1cccc(OCCCC#N)c1)c1ccc(Cl)cc1. The van der Waals surface area contributed by atoms with Crippen LogP contribution < -0.4 is 10.1 Å². The normalized spacial score (nSPS) is 11.7. The van der Waals surface area contributed by atoms with Gasteiger partial charge >= 0.3 is 0 Å². The molecule has 126 valence electrons. The van der Waals surface area contributed by atoms with Gasteiger partial charge in [0, 0.05) is 24.0 Å². The van der Waals surface area contributed by atoms with Crippen LogP contribution in [0.1, 0.15) is 43.4 Å². The summed E-state index contributed by atoms with van der Waals surface area (Å²) in [4.78, 5) is 0. The van der Waals surface area contributed by atoms with Crippen molar-refractivity contribution in [2.75, 3.05) is 6.61 Å². The highest BCUT2D eigenvalue weighted by Crippen LogP contribution is 2.20. The fraction of sp³-hybridized carbons (Fsp3) is 0.350. The Labute approximate surface area is 149 Å². The number of nitrogens with one attached hydrogen (secondary N) is 1. The molecule has 0 spiro atoms. The Balaban J connectivity index is 1.90. The van der Waals surface area contributed by atoms with Crippen molar-refractivity contribution in [1.29, 1.82) is 5.26 Å². The molecule has 1 unspecified atom stereocenters. The van der Waals surface area contributed by atoms with E-state index in [-0.39, 0.29) is 0 Å². The number of hydrogen-bond donors (Lipinski definition) is 1. The molecule has 0 saturated carbocycles. The second-order valence-electron chi connectivity index (χ2n) is 5.65. The minimum absolute atomic E-state index is 0.294. The average molecular weight is 343 g/mol. The molecule has 1 atom stereocenters. The van der Waals surface area contributed by atoms with Gasteiger partial charge in [-0.05, 0) is 48.2 Å². The van der Waals surface area contributed by atoms with Gasteiger partial charge in [-0.2, -0.15) is 5.26 Å². The number of nitriles is 1. The van der Waals surface area contributed by atoms with Crippen molar-refractivity contribution in [2.45, 2.75) is 38.8 Å². The number of rotatable bonds is 9. The Morgan fingerprint density at radius 1 is 1.21 bits per heavy atom. The molecule has 24 heavy (non-hydrogen) atoms. The van der Waals surface area contributed by atoms with Crippen molar-refractivity contribution in [3.05, 3.63) is 64.7 Å². The lowest BCUT2D eigenvalue weighted by molar-refractivity contribution is 0.312. The van der Waals surface area contributed by atoms with Crippen LogP contribution in [0.2, 0.25) is 5.02 Å². The summed E-state index contributed by atoms with van der Waals surface area (Å²) < 4.78 is 5.69. The zero-order valence-electron chi connectivity index (χ0n) is 14.0. The third-order valence-electron chi connectivity index (χ3n) is 3.83. The van der Waals surface area contributed by atoms with Gasteiger partial charge in [0.05, 0.1) is 12.7 Å². The molecule has 0 aliphatic rings.